The van der Waals surface area contributed by atoms with Gasteiger partial charge in [0.2, 0.25) is 5.91 Å². The fourth-order valence-electron chi connectivity index (χ4n) is 2.18. The Labute approximate surface area is 128 Å². The molecule has 1 aliphatic rings. The van der Waals surface area contributed by atoms with Crippen molar-refractivity contribution in [2.75, 3.05) is 25.1 Å². The van der Waals surface area contributed by atoms with Crippen LogP contribution in [0.3, 0.4) is 0 Å². The first kappa shape index (κ1) is 15.3. The first-order valence-corrected chi connectivity index (χ1v) is 6.91. The molecule has 0 bridgehead atoms. The molecule has 1 aromatic rings. The van der Waals surface area contributed by atoms with E-state index >= 15 is 0 Å². The number of carbonyl (C=O) groups is 2. The van der Waals surface area contributed by atoms with Crippen molar-refractivity contribution in [3.05, 3.63) is 32.9 Å². The predicted molar refractivity (Wildman–Crippen MR) is 77.7 cm³/mol. The molecule has 8 nitrogen and oxygen atoms in total. The Bertz CT molecular complexity index is 629. The zero-order valence-corrected chi connectivity index (χ0v) is 12.8. The van der Waals surface area contributed by atoms with Crippen LogP contribution < -0.4 is 4.90 Å². The van der Waals surface area contributed by atoms with Gasteiger partial charge in [0.25, 0.3) is 0 Å². The Morgan fingerprint density at radius 2 is 2.48 bits per heavy atom. The number of azide groups is 1. The van der Waals surface area contributed by atoms with E-state index in [1.165, 1.54) is 18.2 Å². The van der Waals surface area contributed by atoms with Gasteiger partial charge in [-0.15, -0.1) is 0 Å². The fraction of sp³-hybridized carbons (Fsp3) is 0.417. The highest BCUT2D eigenvalue weighted by Gasteiger charge is 2.33. The number of rotatable bonds is 4. The highest BCUT2D eigenvalue weighted by Crippen LogP contribution is 2.30. The molecule has 1 aliphatic heterocycles. The van der Waals surface area contributed by atoms with Gasteiger partial charge in [0.1, 0.15) is 0 Å². The topological polar surface area (TPSA) is 108 Å². The average Bonchev–Trinajstić information content (AvgIpc) is 2.85. The van der Waals surface area contributed by atoms with E-state index in [2.05, 4.69) is 35.7 Å². The van der Waals surface area contributed by atoms with Crippen LogP contribution >= 0.6 is 15.9 Å². The van der Waals surface area contributed by atoms with Crippen LogP contribution in [0, 0.1) is 5.92 Å². The molecular formula is C12H12BrN5O3. The van der Waals surface area contributed by atoms with Crippen molar-refractivity contribution in [1.29, 1.82) is 0 Å². The monoisotopic (exact) mass is 353 g/mol. The summed E-state index contributed by atoms with van der Waals surface area (Å²) in [6, 6.07) is 1.65. The molecule has 9 heteroatoms. The molecule has 1 aromatic heterocycles. The number of nitrogens with zero attached hydrogens (tertiary/aromatic N) is 5. The zero-order valence-electron chi connectivity index (χ0n) is 11.2. The molecule has 2 heterocycles. The van der Waals surface area contributed by atoms with E-state index in [-0.39, 0.29) is 30.5 Å². The highest BCUT2D eigenvalue weighted by atomic mass is 79.9. The van der Waals surface area contributed by atoms with Gasteiger partial charge >= 0.3 is 5.97 Å². The largest absolute Gasteiger partial charge is 0.464 e. The number of halogens is 1. The summed E-state index contributed by atoms with van der Waals surface area (Å²) in [4.78, 5) is 32.1. The van der Waals surface area contributed by atoms with Gasteiger partial charge in [0.15, 0.2) is 5.69 Å². The van der Waals surface area contributed by atoms with Gasteiger partial charge in [-0.05, 0) is 33.4 Å². The summed E-state index contributed by atoms with van der Waals surface area (Å²) in [6.07, 6.45) is 1.74. The van der Waals surface area contributed by atoms with Crippen molar-refractivity contribution in [2.45, 2.75) is 6.42 Å². The lowest BCUT2D eigenvalue weighted by molar-refractivity contribution is -0.117. The molecule has 1 unspecified atom stereocenters. The minimum absolute atomic E-state index is 0.0714. The number of hydrogen-bond donors (Lipinski definition) is 0. The molecule has 0 saturated carbocycles. The Kier molecular flexibility index (Phi) is 4.77. The Morgan fingerprint density at radius 3 is 3.14 bits per heavy atom. The molecule has 0 radical (unpaired) electrons. The first-order chi connectivity index (χ1) is 10.1. The van der Waals surface area contributed by atoms with Crippen molar-refractivity contribution in [1.82, 2.24) is 4.98 Å². The van der Waals surface area contributed by atoms with Crippen LogP contribution in [0.5, 0.6) is 0 Å². The summed E-state index contributed by atoms with van der Waals surface area (Å²) in [5.74, 6) is -0.820. The minimum Gasteiger partial charge on any atom is -0.464 e. The molecule has 1 fully saturated rings. The maximum atomic E-state index is 12.1. The minimum atomic E-state index is -0.608. The second kappa shape index (κ2) is 6.55. The van der Waals surface area contributed by atoms with E-state index in [0.717, 1.165) is 0 Å². The van der Waals surface area contributed by atoms with Gasteiger partial charge in [-0.2, -0.15) is 0 Å². The molecule has 1 atom stereocenters. The summed E-state index contributed by atoms with van der Waals surface area (Å²) >= 11 is 3.27. The third kappa shape index (κ3) is 3.32. The van der Waals surface area contributed by atoms with Gasteiger partial charge in [-0.3, -0.25) is 4.79 Å². The molecule has 110 valence electrons. The van der Waals surface area contributed by atoms with Crippen molar-refractivity contribution in [3.63, 3.8) is 0 Å². The van der Waals surface area contributed by atoms with Gasteiger partial charge in [0.05, 0.1) is 12.8 Å². The summed E-state index contributed by atoms with van der Waals surface area (Å²) in [5.41, 5.74) is 8.82. The molecule has 0 aromatic carbocycles. The lowest BCUT2D eigenvalue weighted by Crippen LogP contribution is -2.27. The van der Waals surface area contributed by atoms with E-state index in [0.29, 0.717) is 16.7 Å². The van der Waals surface area contributed by atoms with E-state index in [4.69, 9.17) is 5.53 Å². The lowest BCUT2D eigenvalue weighted by Gasteiger charge is -2.19. The maximum absolute atomic E-state index is 12.1. The van der Waals surface area contributed by atoms with Gasteiger partial charge in [0, 0.05) is 35.1 Å². The number of esters is 1. The smallest absolute Gasteiger partial charge is 0.358 e. The van der Waals surface area contributed by atoms with E-state index in [9.17, 15) is 9.59 Å². The lowest BCUT2D eigenvalue weighted by atomic mass is 10.1. The highest BCUT2D eigenvalue weighted by molar-refractivity contribution is 9.10. The Balaban J connectivity index is 2.33. The van der Waals surface area contributed by atoms with E-state index in [1.54, 1.807) is 6.07 Å². The zero-order chi connectivity index (χ0) is 15.4. The first-order valence-electron chi connectivity index (χ1n) is 6.12. The van der Waals surface area contributed by atoms with Crippen LogP contribution in [-0.2, 0) is 9.53 Å². The van der Waals surface area contributed by atoms with Crippen LogP contribution in [0.4, 0.5) is 5.69 Å². The number of ether oxygens (including phenoxy) is 1. The summed E-state index contributed by atoms with van der Waals surface area (Å²) < 4.78 is 5.33. The fourth-order valence-corrected chi connectivity index (χ4v) is 2.50. The number of amides is 1. The Morgan fingerprint density at radius 1 is 1.71 bits per heavy atom. The van der Waals surface area contributed by atoms with E-state index in [1.807, 2.05) is 0 Å². The van der Waals surface area contributed by atoms with Crippen molar-refractivity contribution in [2.24, 2.45) is 11.0 Å². The normalized spacial score (nSPS) is 17.5. The number of carbonyl (C=O) groups excluding carboxylic acids is 2. The summed E-state index contributed by atoms with van der Waals surface area (Å²) in [7, 11) is 1.26. The summed E-state index contributed by atoms with van der Waals surface area (Å²) in [5, 5.41) is 3.49. The number of methoxy groups -OCH3 is 1. The molecule has 0 N–H and O–H groups in total. The van der Waals surface area contributed by atoms with Gasteiger partial charge in [-0.1, -0.05) is 5.11 Å². The van der Waals surface area contributed by atoms with Crippen LogP contribution in [-0.4, -0.2) is 37.1 Å². The van der Waals surface area contributed by atoms with Gasteiger partial charge < -0.3 is 9.64 Å². The van der Waals surface area contributed by atoms with Crippen molar-refractivity contribution in [3.8, 4) is 0 Å². The number of anilines is 1. The molecule has 1 saturated heterocycles. The molecule has 0 spiro atoms. The standard InChI is InChI=1S/C12H12BrN5O3/c1-21-12(20)11-9(3-8(13)5-15-11)18-6-7(2-10(18)19)4-16-17-14/h3,5,7H,2,4,6H2,1H3. The average molecular weight is 354 g/mol. The third-order valence-corrected chi connectivity index (χ3v) is 3.55. The van der Waals surface area contributed by atoms with Crippen LogP contribution in [0.25, 0.3) is 10.4 Å². The van der Waals surface area contributed by atoms with E-state index < -0.39 is 5.97 Å². The molecule has 21 heavy (non-hydrogen) atoms. The van der Waals surface area contributed by atoms with Gasteiger partial charge in [-0.25, -0.2) is 9.78 Å². The second-order valence-corrected chi connectivity index (χ2v) is 5.42. The number of hydrogen-bond acceptors (Lipinski definition) is 5. The summed E-state index contributed by atoms with van der Waals surface area (Å²) in [6.45, 7) is 0.619. The SMILES string of the molecule is COC(=O)c1ncc(Br)cc1N1CC(CN=[N+]=[N-])CC1=O. The maximum Gasteiger partial charge on any atom is 0.358 e. The molecule has 2 rings (SSSR count). The molecular weight excluding hydrogens is 342 g/mol. The van der Waals surface area contributed by atoms with Crippen LogP contribution in [0.2, 0.25) is 0 Å². The number of aromatic nitrogens is 1. The predicted octanol–water partition coefficient (Wildman–Crippen LogP) is 2.29. The van der Waals surface area contributed by atoms with Crippen molar-refractivity contribution >= 4 is 33.5 Å². The third-order valence-electron chi connectivity index (χ3n) is 3.11. The van der Waals surface area contributed by atoms with Crippen LogP contribution in [0.1, 0.15) is 16.9 Å². The van der Waals surface area contributed by atoms with Crippen LogP contribution in [0.15, 0.2) is 21.9 Å². The molecule has 1 amide bonds. The van der Waals surface area contributed by atoms with Crippen molar-refractivity contribution < 1.29 is 14.3 Å². The number of pyridine rings is 1. The second-order valence-electron chi connectivity index (χ2n) is 4.50. The quantitative estimate of drug-likeness (QED) is 0.358. The molecule has 0 aliphatic carbocycles. The Hall–Kier alpha value is -2.12.